The molecule has 1 aromatic heterocycles. The van der Waals surface area contributed by atoms with Gasteiger partial charge in [-0.3, -0.25) is 9.48 Å². The average molecular weight is 244 g/mol. The number of hydrogen-bond donors (Lipinski definition) is 2. The highest BCUT2D eigenvalue weighted by atomic mass is 16.2. The van der Waals surface area contributed by atoms with Crippen LogP contribution in [0.5, 0.6) is 0 Å². The first-order valence-electron chi connectivity index (χ1n) is 5.74. The van der Waals surface area contributed by atoms with Gasteiger partial charge in [-0.1, -0.05) is 6.07 Å². The summed E-state index contributed by atoms with van der Waals surface area (Å²) in [5, 5.41) is 6.91. The molecule has 5 nitrogen and oxygen atoms in total. The minimum absolute atomic E-state index is 0.118. The number of carbonyl (C=O) groups is 1. The number of carbonyl (C=O) groups excluding carboxylic acids is 1. The number of rotatable bonds is 3. The molecule has 18 heavy (non-hydrogen) atoms. The second-order valence-corrected chi connectivity index (χ2v) is 4.23. The van der Waals surface area contributed by atoms with Crippen molar-refractivity contribution >= 4 is 17.3 Å². The topological polar surface area (TPSA) is 72.9 Å². The van der Waals surface area contributed by atoms with E-state index < -0.39 is 0 Å². The van der Waals surface area contributed by atoms with Crippen LogP contribution in [0.1, 0.15) is 18.5 Å². The van der Waals surface area contributed by atoms with Gasteiger partial charge in [0.1, 0.15) is 6.04 Å². The van der Waals surface area contributed by atoms with E-state index in [1.165, 1.54) is 0 Å². The van der Waals surface area contributed by atoms with E-state index in [0.29, 0.717) is 5.69 Å². The van der Waals surface area contributed by atoms with Crippen LogP contribution in [-0.4, -0.2) is 15.7 Å². The second-order valence-electron chi connectivity index (χ2n) is 4.23. The molecule has 0 bridgehead atoms. The first-order valence-corrected chi connectivity index (χ1v) is 5.74. The number of hydrogen-bond acceptors (Lipinski definition) is 3. The standard InChI is InChI=1S/C13H16N4O/c1-9-4-5-11(14)8-12(9)16-13(18)10(2)17-7-3-6-15-17/h3-8,10H,14H2,1-2H3,(H,16,18). The molecule has 1 amide bonds. The predicted octanol–water partition coefficient (Wildman–Crippen LogP) is 1.97. The molecule has 0 spiro atoms. The number of nitrogens with one attached hydrogen (secondary N) is 1. The maximum atomic E-state index is 12.1. The Kier molecular flexibility index (Phi) is 3.32. The van der Waals surface area contributed by atoms with Crippen LogP contribution in [0.15, 0.2) is 36.7 Å². The van der Waals surface area contributed by atoms with Crippen LogP contribution in [0.25, 0.3) is 0 Å². The second kappa shape index (κ2) is 4.91. The Morgan fingerprint density at radius 1 is 1.50 bits per heavy atom. The van der Waals surface area contributed by atoms with Gasteiger partial charge in [0.2, 0.25) is 5.91 Å². The smallest absolute Gasteiger partial charge is 0.248 e. The van der Waals surface area contributed by atoms with E-state index in [9.17, 15) is 4.79 Å². The molecule has 0 saturated carbocycles. The van der Waals surface area contributed by atoms with Gasteiger partial charge < -0.3 is 11.1 Å². The molecule has 2 aromatic rings. The predicted molar refractivity (Wildman–Crippen MR) is 71.2 cm³/mol. The Labute approximate surface area is 106 Å². The van der Waals surface area contributed by atoms with Crippen molar-refractivity contribution in [2.75, 3.05) is 11.1 Å². The summed E-state index contributed by atoms with van der Waals surface area (Å²) in [5.41, 5.74) is 8.04. The third-order valence-electron chi connectivity index (χ3n) is 2.82. The number of nitrogen functional groups attached to an aromatic ring is 1. The average Bonchev–Trinajstić information content (AvgIpc) is 2.86. The van der Waals surface area contributed by atoms with Crippen molar-refractivity contribution in [2.45, 2.75) is 19.9 Å². The zero-order valence-electron chi connectivity index (χ0n) is 10.4. The molecular formula is C13H16N4O. The van der Waals surface area contributed by atoms with Gasteiger partial charge >= 0.3 is 0 Å². The molecule has 2 rings (SSSR count). The summed E-state index contributed by atoms with van der Waals surface area (Å²) in [4.78, 5) is 12.1. The lowest BCUT2D eigenvalue weighted by Gasteiger charge is -2.14. The Morgan fingerprint density at radius 3 is 2.94 bits per heavy atom. The lowest BCUT2D eigenvalue weighted by molar-refractivity contribution is -0.119. The molecule has 1 unspecified atom stereocenters. The molecule has 1 heterocycles. The Hall–Kier alpha value is -2.30. The van der Waals surface area contributed by atoms with E-state index in [2.05, 4.69) is 10.4 Å². The van der Waals surface area contributed by atoms with Gasteiger partial charge in [-0.25, -0.2) is 0 Å². The van der Waals surface area contributed by atoms with E-state index >= 15 is 0 Å². The highest BCUT2D eigenvalue weighted by Crippen LogP contribution is 2.19. The van der Waals surface area contributed by atoms with Crippen molar-refractivity contribution in [1.82, 2.24) is 9.78 Å². The summed E-state index contributed by atoms with van der Waals surface area (Å²) in [6.45, 7) is 3.72. The van der Waals surface area contributed by atoms with E-state index in [1.807, 2.05) is 19.1 Å². The maximum absolute atomic E-state index is 12.1. The molecule has 0 radical (unpaired) electrons. The van der Waals surface area contributed by atoms with Crippen molar-refractivity contribution in [3.63, 3.8) is 0 Å². The minimum Gasteiger partial charge on any atom is -0.399 e. The van der Waals surface area contributed by atoms with Gasteiger partial charge in [-0.05, 0) is 37.6 Å². The number of aromatic nitrogens is 2. The first kappa shape index (κ1) is 12.2. The molecular weight excluding hydrogens is 228 g/mol. The first-order chi connectivity index (χ1) is 8.58. The van der Waals surface area contributed by atoms with Gasteiger partial charge in [0, 0.05) is 23.8 Å². The van der Waals surface area contributed by atoms with Crippen LogP contribution in [0, 0.1) is 6.92 Å². The van der Waals surface area contributed by atoms with Gasteiger partial charge in [0.25, 0.3) is 0 Å². The van der Waals surface area contributed by atoms with Gasteiger partial charge in [0.15, 0.2) is 0 Å². The molecule has 0 aliphatic rings. The number of benzene rings is 1. The van der Waals surface area contributed by atoms with Crippen molar-refractivity contribution in [3.8, 4) is 0 Å². The van der Waals surface area contributed by atoms with Crippen LogP contribution in [0.4, 0.5) is 11.4 Å². The number of nitrogens with zero attached hydrogens (tertiary/aromatic N) is 2. The van der Waals surface area contributed by atoms with Crippen molar-refractivity contribution in [1.29, 1.82) is 0 Å². The number of aryl methyl sites for hydroxylation is 1. The lowest BCUT2D eigenvalue weighted by Crippen LogP contribution is -2.24. The molecule has 0 fully saturated rings. The summed E-state index contributed by atoms with van der Waals surface area (Å²) in [7, 11) is 0. The maximum Gasteiger partial charge on any atom is 0.248 e. The fourth-order valence-corrected chi connectivity index (χ4v) is 1.64. The largest absolute Gasteiger partial charge is 0.399 e. The third kappa shape index (κ3) is 2.51. The van der Waals surface area contributed by atoms with Crippen molar-refractivity contribution in [2.24, 2.45) is 0 Å². The fraction of sp³-hybridized carbons (Fsp3) is 0.231. The monoisotopic (exact) mass is 244 g/mol. The van der Waals surface area contributed by atoms with Gasteiger partial charge in [-0.15, -0.1) is 0 Å². The molecule has 3 N–H and O–H groups in total. The van der Waals surface area contributed by atoms with Crippen LogP contribution < -0.4 is 11.1 Å². The van der Waals surface area contributed by atoms with E-state index in [1.54, 1.807) is 36.1 Å². The zero-order chi connectivity index (χ0) is 13.1. The van der Waals surface area contributed by atoms with Crippen molar-refractivity contribution in [3.05, 3.63) is 42.2 Å². The third-order valence-corrected chi connectivity index (χ3v) is 2.82. The van der Waals surface area contributed by atoms with E-state index in [0.717, 1.165) is 11.3 Å². The molecule has 0 saturated heterocycles. The quantitative estimate of drug-likeness (QED) is 0.811. The van der Waals surface area contributed by atoms with E-state index in [-0.39, 0.29) is 11.9 Å². The highest BCUT2D eigenvalue weighted by Gasteiger charge is 2.15. The number of nitrogens with two attached hydrogens (primary N) is 1. The Morgan fingerprint density at radius 2 is 2.28 bits per heavy atom. The van der Waals surface area contributed by atoms with Crippen LogP contribution in [0.2, 0.25) is 0 Å². The summed E-state index contributed by atoms with van der Waals surface area (Å²) in [6, 6.07) is 6.87. The molecule has 0 aliphatic heterocycles. The normalized spacial score (nSPS) is 12.1. The van der Waals surface area contributed by atoms with Crippen LogP contribution in [0.3, 0.4) is 0 Å². The highest BCUT2D eigenvalue weighted by molar-refractivity contribution is 5.94. The molecule has 5 heteroatoms. The summed E-state index contributed by atoms with van der Waals surface area (Å²) in [6.07, 6.45) is 3.41. The van der Waals surface area contributed by atoms with Crippen LogP contribution in [-0.2, 0) is 4.79 Å². The van der Waals surface area contributed by atoms with E-state index in [4.69, 9.17) is 5.73 Å². The Balaban J connectivity index is 2.14. The summed E-state index contributed by atoms with van der Waals surface area (Å²) in [5.74, 6) is -0.118. The van der Waals surface area contributed by atoms with Gasteiger partial charge in [0.05, 0.1) is 0 Å². The summed E-state index contributed by atoms with van der Waals surface area (Å²) >= 11 is 0. The summed E-state index contributed by atoms with van der Waals surface area (Å²) < 4.78 is 1.61. The lowest BCUT2D eigenvalue weighted by atomic mass is 10.1. The number of amides is 1. The Bertz CT molecular complexity index is 548. The number of anilines is 2. The fourth-order valence-electron chi connectivity index (χ4n) is 1.64. The molecule has 1 atom stereocenters. The van der Waals surface area contributed by atoms with Crippen molar-refractivity contribution < 1.29 is 4.79 Å². The minimum atomic E-state index is -0.360. The van der Waals surface area contributed by atoms with Gasteiger partial charge in [-0.2, -0.15) is 5.10 Å². The molecule has 0 aliphatic carbocycles. The SMILES string of the molecule is Cc1ccc(N)cc1NC(=O)C(C)n1cccn1. The molecule has 1 aromatic carbocycles. The van der Waals surface area contributed by atoms with Crippen LogP contribution >= 0.6 is 0 Å². The molecule has 94 valence electrons. The zero-order valence-corrected chi connectivity index (χ0v) is 10.4.